The van der Waals surface area contributed by atoms with Crippen molar-refractivity contribution in [3.8, 4) is 0 Å². The summed E-state index contributed by atoms with van der Waals surface area (Å²) in [5.41, 5.74) is 4.84. The van der Waals surface area contributed by atoms with Crippen LogP contribution < -0.4 is 0 Å². The number of nitrogens with zero attached hydrogens (tertiary/aromatic N) is 4. The van der Waals surface area contributed by atoms with Crippen molar-refractivity contribution in [2.75, 3.05) is 0 Å². The Kier molecular flexibility index (Phi) is 4.60. The van der Waals surface area contributed by atoms with Gasteiger partial charge in [0, 0.05) is 65.8 Å². The molecule has 29 heavy (non-hydrogen) atoms. The summed E-state index contributed by atoms with van der Waals surface area (Å²) in [5, 5.41) is 0. The average molecular weight is 378 g/mol. The van der Waals surface area contributed by atoms with Gasteiger partial charge in [-0.1, -0.05) is 12.1 Å². The van der Waals surface area contributed by atoms with Gasteiger partial charge in [-0.2, -0.15) is 0 Å². The predicted octanol–water partition coefficient (Wildman–Crippen LogP) is 4.72. The molecule has 1 aliphatic rings. The molecule has 1 fully saturated rings. The molecule has 0 bridgehead atoms. The minimum absolute atomic E-state index is 0.0467. The van der Waals surface area contributed by atoms with Gasteiger partial charge in [-0.3, -0.25) is 19.9 Å². The minimum Gasteiger partial charge on any atom is -0.265 e. The topological polar surface area (TPSA) is 51.6 Å². The molecule has 2 atom stereocenters. The van der Waals surface area contributed by atoms with E-state index in [4.69, 9.17) is 9.97 Å². The van der Waals surface area contributed by atoms with E-state index in [1.165, 1.54) is 11.1 Å². The first-order valence-electron chi connectivity index (χ1n) is 10.0. The van der Waals surface area contributed by atoms with Crippen molar-refractivity contribution in [2.45, 2.75) is 30.1 Å². The highest BCUT2D eigenvalue weighted by molar-refractivity contribution is 5.50. The molecule has 4 heterocycles. The third-order valence-corrected chi connectivity index (χ3v) is 6.14. The van der Waals surface area contributed by atoms with E-state index in [0.29, 0.717) is 11.8 Å². The van der Waals surface area contributed by atoms with Gasteiger partial charge in [-0.05, 0) is 72.5 Å². The van der Waals surface area contributed by atoms with Gasteiger partial charge in [0.2, 0.25) is 0 Å². The predicted molar refractivity (Wildman–Crippen MR) is 112 cm³/mol. The van der Waals surface area contributed by atoms with Gasteiger partial charge in [-0.25, -0.2) is 0 Å². The van der Waals surface area contributed by atoms with E-state index >= 15 is 0 Å². The maximum Gasteiger partial charge on any atom is 0.0450 e. The summed E-state index contributed by atoms with van der Waals surface area (Å²) in [7, 11) is 0. The normalized spacial score (nSPS) is 22.9. The number of hydrogen-bond donors (Lipinski definition) is 0. The first-order chi connectivity index (χ1) is 14.4. The van der Waals surface area contributed by atoms with Crippen LogP contribution >= 0.6 is 0 Å². The van der Waals surface area contributed by atoms with Crippen LogP contribution in [-0.4, -0.2) is 19.9 Å². The zero-order chi connectivity index (χ0) is 19.5. The third kappa shape index (κ3) is 3.21. The van der Waals surface area contributed by atoms with Gasteiger partial charge in [0.05, 0.1) is 0 Å². The van der Waals surface area contributed by atoms with Gasteiger partial charge in [0.15, 0.2) is 0 Å². The Labute approximate surface area is 170 Å². The lowest BCUT2D eigenvalue weighted by Gasteiger charge is -2.19. The monoisotopic (exact) mass is 378 g/mol. The fourth-order valence-corrected chi connectivity index (χ4v) is 4.81. The Morgan fingerprint density at radius 1 is 0.621 bits per heavy atom. The van der Waals surface area contributed by atoms with Gasteiger partial charge < -0.3 is 0 Å². The largest absolute Gasteiger partial charge is 0.265 e. The second-order valence-electron chi connectivity index (χ2n) is 7.60. The molecular formula is C25H22N4. The summed E-state index contributed by atoms with van der Waals surface area (Å²) in [4.78, 5) is 17.9. The Bertz CT molecular complexity index is 1010. The van der Waals surface area contributed by atoms with Gasteiger partial charge in [0.25, 0.3) is 0 Å². The quantitative estimate of drug-likeness (QED) is 0.487. The molecule has 1 saturated carbocycles. The van der Waals surface area contributed by atoms with Crippen LogP contribution in [0.3, 0.4) is 0 Å². The van der Waals surface area contributed by atoms with Crippen molar-refractivity contribution in [1.29, 1.82) is 0 Å². The number of aromatic nitrogens is 4. The Morgan fingerprint density at radius 3 is 1.69 bits per heavy atom. The molecule has 1 aliphatic carbocycles. The fraction of sp³-hybridized carbons (Fsp3) is 0.200. The SMILES string of the molecule is c1ccc(C2C(c3ccccn3)C2(CCc2ccncc2)c2ccncc2)nc1. The summed E-state index contributed by atoms with van der Waals surface area (Å²) in [6, 6.07) is 20.9. The van der Waals surface area contributed by atoms with E-state index in [2.05, 4.69) is 58.5 Å². The molecule has 4 heteroatoms. The smallest absolute Gasteiger partial charge is 0.0450 e. The fourth-order valence-electron chi connectivity index (χ4n) is 4.81. The van der Waals surface area contributed by atoms with Crippen molar-refractivity contribution < 1.29 is 0 Å². The van der Waals surface area contributed by atoms with Gasteiger partial charge in [-0.15, -0.1) is 0 Å². The molecule has 4 aromatic heterocycles. The standard InChI is InChI=1S/C25H22N4/c1-3-13-28-21(5-1)23-24(22-6-2-4-14-29-22)25(23,20-10-17-27-18-11-20)12-7-19-8-15-26-16-9-19/h1-6,8-11,13-18,23-24H,7,12H2. The van der Waals surface area contributed by atoms with Crippen LogP contribution in [0.25, 0.3) is 0 Å². The van der Waals surface area contributed by atoms with Crippen LogP contribution in [0.2, 0.25) is 0 Å². The minimum atomic E-state index is -0.0467. The molecule has 142 valence electrons. The lowest BCUT2D eigenvalue weighted by molar-refractivity contribution is 0.577. The maximum atomic E-state index is 4.74. The summed E-state index contributed by atoms with van der Waals surface area (Å²) in [6.45, 7) is 0. The molecule has 2 unspecified atom stereocenters. The molecular weight excluding hydrogens is 356 g/mol. The lowest BCUT2D eigenvalue weighted by atomic mass is 9.85. The van der Waals surface area contributed by atoms with E-state index in [1.54, 1.807) is 0 Å². The second-order valence-corrected chi connectivity index (χ2v) is 7.60. The summed E-state index contributed by atoms with van der Waals surface area (Å²) in [5.74, 6) is 0.589. The molecule has 0 spiro atoms. The first-order valence-corrected chi connectivity index (χ1v) is 10.0. The maximum absolute atomic E-state index is 4.74. The molecule has 4 aromatic rings. The molecule has 0 aromatic carbocycles. The Morgan fingerprint density at radius 2 is 1.17 bits per heavy atom. The summed E-state index contributed by atoms with van der Waals surface area (Å²) in [6.07, 6.45) is 13.3. The van der Waals surface area contributed by atoms with E-state index in [1.807, 2.05) is 49.3 Å². The van der Waals surface area contributed by atoms with Crippen molar-refractivity contribution in [3.63, 3.8) is 0 Å². The highest BCUT2D eigenvalue weighted by Gasteiger charge is 2.67. The van der Waals surface area contributed by atoms with Crippen LogP contribution in [0.5, 0.6) is 0 Å². The molecule has 5 rings (SSSR count). The molecule has 0 aliphatic heterocycles. The Balaban J connectivity index is 1.60. The lowest BCUT2D eigenvalue weighted by Crippen LogP contribution is -2.14. The zero-order valence-electron chi connectivity index (χ0n) is 16.1. The van der Waals surface area contributed by atoms with E-state index in [0.717, 1.165) is 24.2 Å². The van der Waals surface area contributed by atoms with E-state index < -0.39 is 0 Å². The van der Waals surface area contributed by atoms with Crippen LogP contribution in [0.1, 0.15) is 40.8 Å². The van der Waals surface area contributed by atoms with E-state index in [-0.39, 0.29) is 5.41 Å². The molecule has 0 radical (unpaired) electrons. The number of pyridine rings is 4. The molecule has 0 saturated heterocycles. The van der Waals surface area contributed by atoms with E-state index in [9.17, 15) is 0 Å². The van der Waals surface area contributed by atoms with Crippen molar-refractivity contribution >= 4 is 0 Å². The molecule has 0 N–H and O–H groups in total. The van der Waals surface area contributed by atoms with Crippen LogP contribution in [0.15, 0.2) is 97.8 Å². The van der Waals surface area contributed by atoms with Gasteiger partial charge in [0.1, 0.15) is 0 Å². The van der Waals surface area contributed by atoms with Crippen LogP contribution in [-0.2, 0) is 11.8 Å². The number of rotatable bonds is 6. The van der Waals surface area contributed by atoms with Crippen molar-refractivity contribution in [3.05, 3.63) is 120 Å². The van der Waals surface area contributed by atoms with Crippen molar-refractivity contribution in [1.82, 2.24) is 19.9 Å². The number of aryl methyl sites for hydroxylation is 1. The highest BCUT2D eigenvalue weighted by Crippen LogP contribution is 2.72. The zero-order valence-corrected chi connectivity index (χ0v) is 16.1. The van der Waals surface area contributed by atoms with Crippen molar-refractivity contribution in [2.24, 2.45) is 0 Å². The Hall–Kier alpha value is -3.40. The molecule has 0 amide bonds. The summed E-state index contributed by atoms with van der Waals surface area (Å²) >= 11 is 0. The number of hydrogen-bond acceptors (Lipinski definition) is 4. The molecule has 4 nitrogen and oxygen atoms in total. The second kappa shape index (κ2) is 7.55. The van der Waals surface area contributed by atoms with Gasteiger partial charge >= 0.3 is 0 Å². The average Bonchev–Trinajstić information content (AvgIpc) is 3.50. The summed E-state index contributed by atoms with van der Waals surface area (Å²) < 4.78 is 0. The third-order valence-electron chi connectivity index (χ3n) is 6.14. The van der Waals surface area contributed by atoms with Crippen LogP contribution in [0.4, 0.5) is 0 Å². The van der Waals surface area contributed by atoms with Crippen LogP contribution in [0, 0.1) is 0 Å². The highest BCUT2D eigenvalue weighted by atomic mass is 14.8. The first kappa shape index (κ1) is 17.7.